The molecule has 3 aromatic heterocycles. The highest BCUT2D eigenvalue weighted by Gasteiger charge is 2.45. The monoisotopic (exact) mass is 478 g/mol. The molecule has 0 bridgehead atoms. The summed E-state index contributed by atoms with van der Waals surface area (Å²) >= 11 is 3.39. The number of furan rings is 2. The minimum Gasteiger partial charge on any atom is -0.503 e. The molecule has 1 aliphatic rings. The highest BCUT2D eigenvalue weighted by atomic mass is 79.9. The van der Waals surface area contributed by atoms with E-state index in [1.165, 1.54) is 11.2 Å². The maximum atomic E-state index is 13.4. The Morgan fingerprint density at radius 2 is 2.03 bits per heavy atom. The zero-order valence-electron chi connectivity index (χ0n) is 16.0. The summed E-state index contributed by atoms with van der Waals surface area (Å²) in [5, 5.41) is 11.4. The number of hydrogen-bond donors (Lipinski definition) is 1. The van der Waals surface area contributed by atoms with Gasteiger partial charge in [-0.25, -0.2) is 0 Å². The lowest BCUT2D eigenvalue weighted by Gasteiger charge is -2.24. The second-order valence-electron chi connectivity index (χ2n) is 7.05. The lowest BCUT2D eigenvalue weighted by molar-refractivity contribution is -0.130. The summed E-state index contributed by atoms with van der Waals surface area (Å²) in [6, 6.07) is 14.7. The number of nitrogens with zero attached hydrogens (tertiary/aromatic N) is 2. The Hall–Kier alpha value is -3.65. The van der Waals surface area contributed by atoms with Crippen LogP contribution in [0.3, 0.4) is 0 Å². The highest BCUT2D eigenvalue weighted by Crippen LogP contribution is 2.39. The Morgan fingerprint density at radius 1 is 1.16 bits per heavy atom. The predicted octanol–water partition coefficient (Wildman–Crippen LogP) is 4.96. The van der Waals surface area contributed by atoms with Crippen molar-refractivity contribution in [1.82, 2.24) is 9.88 Å². The van der Waals surface area contributed by atoms with Crippen LogP contribution in [0.25, 0.3) is 11.0 Å². The topological polar surface area (TPSA) is 96.8 Å². The Balaban J connectivity index is 1.60. The zero-order chi connectivity index (χ0) is 21.5. The normalized spacial score (nSPS) is 16.5. The molecule has 0 fully saturated rings. The Morgan fingerprint density at radius 3 is 2.77 bits per heavy atom. The van der Waals surface area contributed by atoms with E-state index in [0.29, 0.717) is 17.0 Å². The number of benzene rings is 1. The molecule has 0 spiro atoms. The SMILES string of the molecule is O=C(C1=C(O)C(=O)N(Cc2ccco2)C1c1ccccn1)c1cc2cc(Br)ccc2o1. The van der Waals surface area contributed by atoms with Crippen molar-refractivity contribution in [3.05, 3.63) is 100 Å². The van der Waals surface area contributed by atoms with Gasteiger partial charge in [-0.1, -0.05) is 22.0 Å². The van der Waals surface area contributed by atoms with Crippen molar-refractivity contribution in [2.45, 2.75) is 12.6 Å². The average Bonchev–Trinajstić information content (AvgIpc) is 3.49. The van der Waals surface area contributed by atoms with E-state index >= 15 is 0 Å². The minimum absolute atomic E-state index is 0.0308. The number of ketones is 1. The fourth-order valence-corrected chi connectivity index (χ4v) is 4.10. The maximum absolute atomic E-state index is 13.4. The number of pyridine rings is 1. The van der Waals surface area contributed by atoms with Crippen molar-refractivity contribution in [1.29, 1.82) is 0 Å². The number of amides is 1. The lowest BCUT2D eigenvalue weighted by Crippen LogP contribution is -2.31. The maximum Gasteiger partial charge on any atom is 0.290 e. The molecule has 154 valence electrons. The number of fused-ring (bicyclic) bond motifs is 1. The third kappa shape index (κ3) is 3.34. The van der Waals surface area contributed by atoms with Crippen LogP contribution in [0.15, 0.2) is 91.7 Å². The van der Waals surface area contributed by atoms with Crippen molar-refractivity contribution in [3.63, 3.8) is 0 Å². The van der Waals surface area contributed by atoms with Gasteiger partial charge in [-0.05, 0) is 48.5 Å². The molecular weight excluding hydrogens is 464 g/mol. The van der Waals surface area contributed by atoms with E-state index in [2.05, 4.69) is 20.9 Å². The number of aromatic nitrogens is 1. The molecule has 31 heavy (non-hydrogen) atoms. The molecule has 1 N–H and O–H groups in total. The molecule has 0 aliphatic carbocycles. The van der Waals surface area contributed by atoms with Gasteiger partial charge in [0.15, 0.2) is 11.5 Å². The summed E-state index contributed by atoms with van der Waals surface area (Å²) in [7, 11) is 0. The van der Waals surface area contributed by atoms with E-state index in [4.69, 9.17) is 8.83 Å². The van der Waals surface area contributed by atoms with E-state index in [1.807, 2.05) is 6.07 Å². The van der Waals surface area contributed by atoms with Crippen LogP contribution < -0.4 is 0 Å². The third-order valence-corrected chi connectivity index (χ3v) is 5.62. The van der Waals surface area contributed by atoms with Crippen LogP contribution >= 0.6 is 15.9 Å². The first-order valence-corrected chi connectivity index (χ1v) is 10.2. The fraction of sp³-hybridized carbons (Fsp3) is 0.0870. The van der Waals surface area contributed by atoms with Gasteiger partial charge in [-0.15, -0.1) is 0 Å². The number of hydrogen-bond acceptors (Lipinski definition) is 6. The number of Topliss-reactive ketones (excluding diaryl/α,β-unsaturated/α-hetero) is 1. The highest BCUT2D eigenvalue weighted by molar-refractivity contribution is 9.10. The van der Waals surface area contributed by atoms with Gasteiger partial charge in [0.2, 0.25) is 5.78 Å². The van der Waals surface area contributed by atoms with Gasteiger partial charge < -0.3 is 18.8 Å². The second kappa shape index (κ2) is 7.55. The van der Waals surface area contributed by atoms with Crippen LogP contribution in [0.4, 0.5) is 0 Å². The first-order chi connectivity index (χ1) is 15.0. The molecule has 1 atom stereocenters. The Kier molecular flexibility index (Phi) is 4.71. The first-order valence-electron chi connectivity index (χ1n) is 9.44. The Labute approximate surface area is 184 Å². The van der Waals surface area contributed by atoms with E-state index in [1.54, 1.807) is 54.7 Å². The quantitative estimate of drug-likeness (QED) is 0.407. The van der Waals surface area contributed by atoms with Crippen LogP contribution in [-0.2, 0) is 11.3 Å². The van der Waals surface area contributed by atoms with Gasteiger partial charge in [0.25, 0.3) is 5.91 Å². The molecule has 1 aliphatic heterocycles. The molecule has 1 unspecified atom stereocenters. The molecule has 0 radical (unpaired) electrons. The summed E-state index contributed by atoms with van der Waals surface area (Å²) in [5.74, 6) is -1.31. The minimum atomic E-state index is -0.883. The molecule has 7 nitrogen and oxygen atoms in total. The molecule has 1 aromatic carbocycles. The van der Waals surface area contributed by atoms with Crippen LogP contribution in [0.5, 0.6) is 0 Å². The van der Waals surface area contributed by atoms with Gasteiger partial charge in [0.1, 0.15) is 17.4 Å². The predicted molar refractivity (Wildman–Crippen MR) is 114 cm³/mol. The molecule has 4 heterocycles. The van der Waals surface area contributed by atoms with Crippen LogP contribution in [0, 0.1) is 0 Å². The zero-order valence-corrected chi connectivity index (χ0v) is 17.6. The fourth-order valence-electron chi connectivity index (χ4n) is 3.72. The van der Waals surface area contributed by atoms with Crippen molar-refractivity contribution >= 4 is 38.6 Å². The van der Waals surface area contributed by atoms with Gasteiger partial charge >= 0.3 is 0 Å². The summed E-state index contributed by atoms with van der Waals surface area (Å²) in [5.41, 5.74) is 0.903. The summed E-state index contributed by atoms with van der Waals surface area (Å²) in [6.07, 6.45) is 3.07. The summed E-state index contributed by atoms with van der Waals surface area (Å²) in [6.45, 7) is 0.0704. The van der Waals surface area contributed by atoms with Gasteiger partial charge in [-0.2, -0.15) is 0 Å². The number of carbonyl (C=O) groups excluding carboxylic acids is 2. The molecule has 5 rings (SSSR count). The summed E-state index contributed by atoms with van der Waals surface area (Å²) in [4.78, 5) is 32.1. The molecule has 0 saturated carbocycles. The number of aliphatic hydroxyl groups is 1. The van der Waals surface area contributed by atoms with Crippen molar-refractivity contribution in [2.75, 3.05) is 0 Å². The first kappa shape index (κ1) is 19.3. The van der Waals surface area contributed by atoms with E-state index in [9.17, 15) is 14.7 Å². The van der Waals surface area contributed by atoms with Crippen LogP contribution in [0.1, 0.15) is 28.1 Å². The van der Waals surface area contributed by atoms with E-state index in [-0.39, 0.29) is 17.9 Å². The van der Waals surface area contributed by atoms with E-state index in [0.717, 1.165) is 9.86 Å². The van der Waals surface area contributed by atoms with Crippen molar-refractivity contribution in [2.24, 2.45) is 0 Å². The number of carbonyl (C=O) groups is 2. The smallest absolute Gasteiger partial charge is 0.290 e. The van der Waals surface area contributed by atoms with Gasteiger partial charge in [-0.3, -0.25) is 14.6 Å². The second-order valence-corrected chi connectivity index (χ2v) is 7.97. The van der Waals surface area contributed by atoms with Crippen molar-refractivity contribution in [3.8, 4) is 0 Å². The molecule has 8 heteroatoms. The van der Waals surface area contributed by atoms with Gasteiger partial charge in [0.05, 0.1) is 24.1 Å². The molecular formula is C23H15BrN2O5. The Bertz CT molecular complexity index is 1320. The van der Waals surface area contributed by atoms with Crippen LogP contribution in [0.2, 0.25) is 0 Å². The van der Waals surface area contributed by atoms with E-state index < -0.39 is 23.5 Å². The largest absolute Gasteiger partial charge is 0.503 e. The molecule has 4 aromatic rings. The summed E-state index contributed by atoms with van der Waals surface area (Å²) < 4.78 is 11.9. The van der Waals surface area contributed by atoms with Crippen LogP contribution in [-0.4, -0.2) is 26.7 Å². The number of halogens is 1. The standard InChI is InChI=1S/C23H15BrN2O5/c24-14-6-7-17-13(10-14)11-18(31-17)21(27)19-20(16-5-1-2-8-25-16)26(23(29)22(19)28)12-15-4-3-9-30-15/h1-11,20,28H,12H2. The lowest BCUT2D eigenvalue weighted by atomic mass is 9.98. The molecule has 1 amide bonds. The van der Waals surface area contributed by atoms with Gasteiger partial charge in [0, 0.05) is 16.1 Å². The number of rotatable bonds is 5. The molecule has 0 saturated heterocycles. The van der Waals surface area contributed by atoms with Crippen molar-refractivity contribution < 1.29 is 23.5 Å². The average molecular weight is 479 g/mol. The number of aliphatic hydroxyl groups excluding tert-OH is 1. The third-order valence-electron chi connectivity index (χ3n) is 5.12.